The van der Waals surface area contributed by atoms with Gasteiger partial charge in [0.15, 0.2) is 5.88 Å². The summed E-state index contributed by atoms with van der Waals surface area (Å²) in [5, 5.41) is 11.0. The second-order valence-electron chi connectivity index (χ2n) is 9.53. The van der Waals surface area contributed by atoms with Crippen molar-refractivity contribution in [3.8, 4) is 40.0 Å². The van der Waals surface area contributed by atoms with Gasteiger partial charge in [-0.1, -0.05) is 0 Å². The maximum absolute atomic E-state index is 13.2. The molecule has 0 aliphatic carbocycles. The Morgan fingerprint density at radius 3 is 1.61 bits per heavy atom. The normalized spacial score (nSPS) is 13.1. The van der Waals surface area contributed by atoms with E-state index in [1.165, 1.54) is 0 Å². The van der Waals surface area contributed by atoms with Gasteiger partial charge in [-0.05, 0) is 62.4 Å². The van der Waals surface area contributed by atoms with Gasteiger partial charge >= 0.3 is 0 Å². The lowest BCUT2D eigenvalue weighted by Crippen LogP contribution is -2.08. The highest BCUT2D eigenvalue weighted by molar-refractivity contribution is 6.30. The summed E-state index contributed by atoms with van der Waals surface area (Å²) in [5.74, 6) is -0.416. The molecule has 8 heteroatoms. The Morgan fingerprint density at radius 2 is 1.08 bits per heavy atom. The van der Waals surface area contributed by atoms with Crippen molar-refractivity contribution in [1.29, 1.82) is 0 Å². The summed E-state index contributed by atoms with van der Waals surface area (Å²) in [7, 11) is 7.98. The standard InChI is InChI=1S/C28H28N6O2/c1-15-7-9-17(31(15)3)19-11-13-21(33(19)5)25-23-24(28(36)29-25)26(30-27(23)35)22-14-12-20(34(22)6)18-10-8-16(2)32(18)4/h7-14,29,36H,1-6H3. The van der Waals surface area contributed by atoms with Crippen LogP contribution in [-0.4, -0.2) is 40.0 Å². The summed E-state index contributed by atoms with van der Waals surface area (Å²) in [6, 6.07) is 16.3. The van der Waals surface area contributed by atoms with E-state index in [-0.39, 0.29) is 11.8 Å². The summed E-state index contributed by atoms with van der Waals surface area (Å²) >= 11 is 0. The van der Waals surface area contributed by atoms with E-state index in [1.807, 2.05) is 61.6 Å². The Kier molecular flexibility index (Phi) is 4.60. The number of aliphatic imine (C=N–C) groups is 1. The molecule has 36 heavy (non-hydrogen) atoms. The van der Waals surface area contributed by atoms with Gasteiger partial charge in [0.1, 0.15) is 5.71 Å². The van der Waals surface area contributed by atoms with E-state index >= 15 is 0 Å². The number of aromatic amines is 1. The van der Waals surface area contributed by atoms with Crippen molar-refractivity contribution in [2.45, 2.75) is 13.8 Å². The molecule has 0 saturated heterocycles. The van der Waals surface area contributed by atoms with Gasteiger partial charge in [-0.2, -0.15) is 0 Å². The molecular formula is C28H28N6O2. The van der Waals surface area contributed by atoms with Crippen LogP contribution in [0.15, 0.2) is 53.5 Å². The third-order valence-corrected chi connectivity index (χ3v) is 7.66. The molecule has 0 bridgehead atoms. The largest absolute Gasteiger partial charge is 0.494 e. The minimum Gasteiger partial charge on any atom is -0.494 e. The van der Waals surface area contributed by atoms with Gasteiger partial charge in [0, 0.05) is 39.6 Å². The first-order valence-corrected chi connectivity index (χ1v) is 11.8. The molecule has 0 radical (unpaired) electrons. The highest BCUT2D eigenvalue weighted by atomic mass is 16.3. The number of nitrogens with zero attached hydrogens (tertiary/aromatic N) is 5. The van der Waals surface area contributed by atoms with Gasteiger partial charge in [0.2, 0.25) is 0 Å². The molecule has 0 atom stereocenters. The van der Waals surface area contributed by atoms with Crippen molar-refractivity contribution < 1.29 is 9.90 Å². The van der Waals surface area contributed by atoms with E-state index < -0.39 is 0 Å². The number of nitrogens with one attached hydrogen (secondary N) is 1. The first-order chi connectivity index (χ1) is 17.2. The second-order valence-corrected chi connectivity index (χ2v) is 9.53. The van der Waals surface area contributed by atoms with Crippen LogP contribution in [0.3, 0.4) is 0 Å². The van der Waals surface area contributed by atoms with Crippen LogP contribution in [0.5, 0.6) is 5.88 Å². The van der Waals surface area contributed by atoms with E-state index in [4.69, 9.17) is 0 Å². The molecule has 2 N–H and O–H groups in total. The average molecular weight is 481 g/mol. The van der Waals surface area contributed by atoms with Crippen molar-refractivity contribution in [3.05, 3.63) is 76.7 Å². The van der Waals surface area contributed by atoms with E-state index in [1.54, 1.807) is 0 Å². The topological polar surface area (TPSA) is 85.2 Å². The minimum atomic E-state index is -0.360. The summed E-state index contributed by atoms with van der Waals surface area (Å²) in [6.07, 6.45) is 0. The molecule has 5 aromatic rings. The average Bonchev–Trinajstić information content (AvgIpc) is 3.67. The number of aromatic nitrogens is 5. The summed E-state index contributed by atoms with van der Waals surface area (Å²) in [5.41, 5.74) is 9.93. The first-order valence-electron chi connectivity index (χ1n) is 11.8. The number of aryl methyl sites for hydroxylation is 2. The molecule has 6 rings (SSSR count). The van der Waals surface area contributed by atoms with E-state index in [0.29, 0.717) is 22.5 Å². The van der Waals surface area contributed by atoms with Crippen molar-refractivity contribution >= 4 is 11.6 Å². The third-order valence-electron chi connectivity index (χ3n) is 7.66. The molecule has 6 heterocycles. The van der Waals surface area contributed by atoms with Gasteiger partial charge in [-0.3, -0.25) is 4.79 Å². The number of hydrogen-bond donors (Lipinski definition) is 2. The molecule has 1 aliphatic rings. The number of carbonyl (C=O) groups is 1. The lowest BCUT2D eigenvalue weighted by Gasteiger charge is -2.10. The molecule has 0 aromatic carbocycles. The third kappa shape index (κ3) is 2.87. The number of fused-ring (bicyclic) bond motifs is 1. The molecule has 0 spiro atoms. The maximum atomic E-state index is 13.2. The van der Waals surface area contributed by atoms with Gasteiger partial charge in [-0.25, -0.2) is 4.99 Å². The lowest BCUT2D eigenvalue weighted by atomic mass is 10.1. The lowest BCUT2D eigenvalue weighted by molar-refractivity contribution is 0.101. The number of amides is 1. The highest BCUT2D eigenvalue weighted by Gasteiger charge is 2.35. The predicted molar refractivity (Wildman–Crippen MR) is 141 cm³/mol. The van der Waals surface area contributed by atoms with Crippen LogP contribution in [0.1, 0.15) is 33.0 Å². The zero-order valence-corrected chi connectivity index (χ0v) is 21.2. The molecular weight excluding hydrogens is 452 g/mol. The molecule has 0 saturated carbocycles. The Hall–Kier alpha value is -4.46. The predicted octanol–water partition coefficient (Wildman–Crippen LogP) is 4.68. The van der Waals surface area contributed by atoms with Gasteiger partial charge < -0.3 is 28.4 Å². The van der Waals surface area contributed by atoms with Crippen LogP contribution in [0, 0.1) is 13.8 Å². The van der Waals surface area contributed by atoms with Crippen molar-refractivity contribution in [2.75, 3.05) is 0 Å². The smallest absolute Gasteiger partial charge is 0.280 e. The fourth-order valence-electron chi connectivity index (χ4n) is 5.29. The maximum Gasteiger partial charge on any atom is 0.280 e. The summed E-state index contributed by atoms with van der Waals surface area (Å²) < 4.78 is 8.30. The number of carbonyl (C=O) groups excluding carboxylic acids is 1. The summed E-state index contributed by atoms with van der Waals surface area (Å²) in [6.45, 7) is 4.13. The van der Waals surface area contributed by atoms with Gasteiger partial charge in [0.05, 0.1) is 51.0 Å². The quantitative estimate of drug-likeness (QED) is 0.391. The minimum absolute atomic E-state index is 0.0560. The molecule has 8 nitrogen and oxygen atoms in total. The molecule has 0 unspecified atom stereocenters. The number of aromatic hydroxyl groups is 1. The van der Waals surface area contributed by atoms with Crippen LogP contribution in [0.2, 0.25) is 0 Å². The second kappa shape index (κ2) is 7.52. The van der Waals surface area contributed by atoms with Crippen LogP contribution in [0.4, 0.5) is 0 Å². The van der Waals surface area contributed by atoms with Crippen LogP contribution >= 0.6 is 0 Å². The number of rotatable bonds is 4. The Bertz CT molecular complexity index is 1730. The molecule has 182 valence electrons. The van der Waals surface area contributed by atoms with E-state index in [9.17, 15) is 9.90 Å². The molecule has 1 amide bonds. The van der Waals surface area contributed by atoms with Crippen molar-refractivity contribution in [2.24, 2.45) is 33.2 Å². The molecule has 0 fully saturated rings. The number of H-pyrrole nitrogens is 1. The van der Waals surface area contributed by atoms with E-state index in [2.05, 4.69) is 57.2 Å². The molecule has 5 aromatic heterocycles. The van der Waals surface area contributed by atoms with Crippen molar-refractivity contribution in [3.63, 3.8) is 0 Å². The number of hydrogen-bond acceptors (Lipinski definition) is 2. The van der Waals surface area contributed by atoms with Gasteiger partial charge in [-0.15, -0.1) is 0 Å². The SMILES string of the molecule is Cc1ccc(-c2ccc(C3=NC(=O)c4c(-c5ccc(-c6ccc(C)n6C)n5C)[nH]c(O)c43)n2C)n1C. The Morgan fingerprint density at radius 1 is 0.639 bits per heavy atom. The fourth-order valence-corrected chi connectivity index (χ4v) is 5.29. The van der Waals surface area contributed by atoms with E-state index in [0.717, 1.165) is 45.6 Å². The highest BCUT2D eigenvalue weighted by Crippen LogP contribution is 2.40. The van der Waals surface area contributed by atoms with Crippen LogP contribution in [0.25, 0.3) is 34.2 Å². The van der Waals surface area contributed by atoms with Gasteiger partial charge in [0.25, 0.3) is 5.91 Å². The zero-order chi connectivity index (χ0) is 25.5. The monoisotopic (exact) mass is 480 g/mol. The Labute approximate surface area is 208 Å². The van der Waals surface area contributed by atoms with Crippen LogP contribution in [-0.2, 0) is 28.2 Å². The Balaban J connectivity index is 1.45. The first kappa shape index (κ1) is 22.0. The molecule has 1 aliphatic heterocycles. The zero-order valence-electron chi connectivity index (χ0n) is 21.2. The van der Waals surface area contributed by atoms with Crippen LogP contribution < -0.4 is 0 Å². The summed E-state index contributed by atoms with van der Waals surface area (Å²) in [4.78, 5) is 20.7. The fraction of sp³-hybridized carbons (Fsp3) is 0.214. The van der Waals surface area contributed by atoms with Crippen molar-refractivity contribution in [1.82, 2.24) is 23.3 Å².